The Morgan fingerprint density at radius 1 is 1.37 bits per heavy atom. The van der Waals surface area contributed by atoms with E-state index in [0.29, 0.717) is 30.2 Å². The number of amides is 1. The van der Waals surface area contributed by atoms with E-state index in [1.165, 1.54) is 0 Å². The van der Waals surface area contributed by atoms with E-state index in [-0.39, 0.29) is 48.7 Å². The zero-order valence-corrected chi connectivity index (χ0v) is 16.8. The van der Waals surface area contributed by atoms with Crippen LogP contribution in [-0.2, 0) is 11.2 Å². The van der Waals surface area contributed by atoms with E-state index in [1.54, 1.807) is 25.4 Å². The summed E-state index contributed by atoms with van der Waals surface area (Å²) in [6.07, 6.45) is 6.35. The van der Waals surface area contributed by atoms with Gasteiger partial charge in [0.2, 0.25) is 5.91 Å². The van der Waals surface area contributed by atoms with Gasteiger partial charge in [-0.2, -0.15) is 0 Å². The highest BCUT2D eigenvalue weighted by Crippen LogP contribution is 2.18. The first-order valence-electron chi connectivity index (χ1n) is 8.60. The van der Waals surface area contributed by atoms with Gasteiger partial charge in [-0.15, -0.1) is 24.8 Å². The number of aryl methyl sites for hydroxylation is 1. The minimum atomic E-state index is -0.277. The Balaban J connectivity index is 0.00000182. The molecule has 1 amide bonds. The van der Waals surface area contributed by atoms with Gasteiger partial charge in [-0.05, 0) is 38.3 Å². The molecule has 3 rings (SSSR count). The molecule has 0 radical (unpaired) electrons. The Bertz CT molecular complexity index is 813. The Labute approximate surface area is 170 Å². The molecule has 0 aromatic carbocycles. The van der Waals surface area contributed by atoms with Crippen LogP contribution in [0, 0.1) is 6.92 Å². The van der Waals surface area contributed by atoms with Crippen molar-refractivity contribution in [3.8, 4) is 11.4 Å². The molecule has 3 heterocycles. The van der Waals surface area contributed by atoms with Crippen LogP contribution in [0.5, 0.6) is 0 Å². The van der Waals surface area contributed by atoms with Crippen LogP contribution in [0.4, 0.5) is 0 Å². The maximum atomic E-state index is 12.7. The van der Waals surface area contributed by atoms with E-state index >= 15 is 0 Å². The largest absolute Gasteiger partial charge is 0.338 e. The summed E-state index contributed by atoms with van der Waals surface area (Å²) in [7, 11) is 0. The lowest BCUT2D eigenvalue weighted by molar-refractivity contribution is -0.133. The number of piperidine rings is 1. The molecule has 9 heteroatoms. The molecular formula is C18H25Cl2N5O2. The van der Waals surface area contributed by atoms with Gasteiger partial charge < -0.3 is 15.6 Å². The summed E-state index contributed by atoms with van der Waals surface area (Å²) >= 11 is 0. The molecule has 2 aromatic heterocycles. The van der Waals surface area contributed by atoms with Crippen LogP contribution in [0.15, 0.2) is 29.3 Å². The quantitative estimate of drug-likeness (QED) is 0.795. The van der Waals surface area contributed by atoms with Crippen LogP contribution in [0.2, 0.25) is 0 Å². The molecule has 7 nitrogen and oxygen atoms in total. The SMILES string of the molecule is Cc1nc(-c2cccnc2)[nH]c(=O)c1CC(=O)N1CCCCC1CN.Cl.Cl. The summed E-state index contributed by atoms with van der Waals surface area (Å²) in [5, 5.41) is 0. The first-order valence-corrected chi connectivity index (χ1v) is 8.60. The summed E-state index contributed by atoms with van der Waals surface area (Å²) in [6, 6.07) is 3.68. The molecule has 1 aliphatic rings. The number of halogens is 2. The molecule has 1 unspecified atom stereocenters. The number of nitrogens with two attached hydrogens (primary N) is 1. The number of carbonyl (C=O) groups is 1. The highest BCUT2D eigenvalue weighted by Gasteiger charge is 2.26. The van der Waals surface area contributed by atoms with Crippen molar-refractivity contribution < 1.29 is 4.79 Å². The lowest BCUT2D eigenvalue weighted by Crippen LogP contribution is -2.48. The van der Waals surface area contributed by atoms with Crippen molar-refractivity contribution in [2.45, 2.75) is 38.6 Å². The number of aromatic nitrogens is 3. The number of rotatable bonds is 4. The minimum absolute atomic E-state index is 0. The number of carbonyl (C=O) groups excluding carboxylic acids is 1. The van der Waals surface area contributed by atoms with Crippen LogP contribution < -0.4 is 11.3 Å². The van der Waals surface area contributed by atoms with E-state index in [1.807, 2.05) is 11.0 Å². The lowest BCUT2D eigenvalue weighted by atomic mass is 10.0. The number of pyridine rings is 1. The standard InChI is InChI=1S/C18H23N5O2.2ClH/c1-12-15(9-16(24)23-8-3-2-6-14(23)10-19)18(25)22-17(21-12)13-5-4-7-20-11-13;;/h4-5,7,11,14H,2-3,6,8-10,19H2,1H3,(H,21,22,25);2*1H. The lowest BCUT2D eigenvalue weighted by Gasteiger charge is -2.35. The Morgan fingerprint density at radius 2 is 2.15 bits per heavy atom. The molecule has 3 N–H and O–H groups in total. The number of nitrogens with one attached hydrogen (secondary N) is 1. The van der Waals surface area contributed by atoms with Gasteiger partial charge in [0, 0.05) is 48.3 Å². The van der Waals surface area contributed by atoms with Crippen LogP contribution >= 0.6 is 24.8 Å². The normalized spacial score (nSPS) is 16.2. The number of hydrogen-bond acceptors (Lipinski definition) is 5. The monoisotopic (exact) mass is 413 g/mol. The highest BCUT2D eigenvalue weighted by atomic mass is 35.5. The first-order chi connectivity index (χ1) is 12.1. The third kappa shape index (κ3) is 5.28. The topological polar surface area (TPSA) is 105 Å². The summed E-state index contributed by atoms with van der Waals surface area (Å²) in [6.45, 7) is 2.92. The second kappa shape index (κ2) is 10.4. The van der Waals surface area contributed by atoms with E-state index in [0.717, 1.165) is 24.8 Å². The van der Waals surface area contributed by atoms with E-state index in [4.69, 9.17) is 5.73 Å². The minimum Gasteiger partial charge on any atom is -0.338 e. The third-order valence-electron chi connectivity index (χ3n) is 4.70. The molecule has 0 bridgehead atoms. The number of hydrogen-bond donors (Lipinski definition) is 2. The maximum absolute atomic E-state index is 12.7. The van der Waals surface area contributed by atoms with E-state index in [9.17, 15) is 9.59 Å². The summed E-state index contributed by atoms with van der Waals surface area (Å²) in [5.41, 5.74) is 7.23. The molecule has 27 heavy (non-hydrogen) atoms. The summed E-state index contributed by atoms with van der Waals surface area (Å²) < 4.78 is 0. The predicted molar refractivity (Wildman–Crippen MR) is 109 cm³/mol. The van der Waals surface area contributed by atoms with Gasteiger partial charge in [-0.1, -0.05) is 0 Å². The van der Waals surface area contributed by atoms with Gasteiger partial charge in [0.25, 0.3) is 5.56 Å². The van der Waals surface area contributed by atoms with E-state index in [2.05, 4.69) is 15.0 Å². The van der Waals surface area contributed by atoms with Crippen LogP contribution in [0.25, 0.3) is 11.4 Å². The molecular weight excluding hydrogens is 389 g/mol. The van der Waals surface area contributed by atoms with Crippen LogP contribution in [0.3, 0.4) is 0 Å². The Hall–Kier alpha value is -1.96. The summed E-state index contributed by atoms with van der Waals surface area (Å²) in [4.78, 5) is 38.2. The molecule has 0 aliphatic carbocycles. The second-order valence-electron chi connectivity index (χ2n) is 6.37. The van der Waals surface area contributed by atoms with Crippen molar-refractivity contribution in [2.24, 2.45) is 5.73 Å². The van der Waals surface area contributed by atoms with Crippen molar-refractivity contribution in [3.63, 3.8) is 0 Å². The van der Waals surface area contributed by atoms with Gasteiger partial charge in [0.15, 0.2) is 0 Å². The van der Waals surface area contributed by atoms with E-state index < -0.39 is 0 Å². The van der Waals surface area contributed by atoms with Gasteiger partial charge >= 0.3 is 0 Å². The van der Waals surface area contributed by atoms with Crippen molar-refractivity contribution >= 4 is 30.7 Å². The Morgan fingerprint density at radius 3 is 2.78 bits per heavy atom. The number of likely N-dealkylation sites (tertiary alicyclic amines) is 1. The zero-order valence-electron chi connectivity index (χ0n) is 15.2. The second-order valence-corrected chi connectivity index (χ2v) is 6.37. The predicted octanol–water partition coefficient (Wildman–Crippen LogP) is 1.87. The fourth-order valence-electron chi connectivity index (χ4n) is 3.28. The zero-order chi connectivity index (χ0) is 17.8. The van der Waals surface area contributed by atoms with Crippen LogP contribution in [-0.4, -0.2) is 44.9 Å². The number of aromatic amines is 1. The first kappa shape index (κ1) is 23.1. The fourth-order valence-corrected chi connectivity index (χ4v) is 3.28. The van der Waals surface area contributed by atoms with Gasteiger partial charge in [-0.3, -0.25) is 14.6 Å². The smallest absolute Gasteiger partial charge is 0.255 e. The molecule has 0 saturated carbocycles. The van der Waals surface area contributed by atoms with Crippen molar-refractivity contribution in [1.29, 1.82) is 0 Å². The number of nitrogens with zero attached hydrogens (tertiary/aromatic N) is 3. The van der Waals surface area contributed by atoms with Crippen molar-refractivity contribution in [1.82, 2.24) is 19.9 Å². The van der Waals surface area contributed by atoms with Crippen molar-refractivity contribution in [2.75, 3.05) is 13.1 Å². The number of H-pyrrole nitrogens is 1. The average Bonchev–Trinajstić information content (AvgIpc) is 2.65. The van der Waals surface area contributed by atoms with Crippen molar-refractivity contribution in [3.05, 3.63) is 46.1 Å². The fraction of sp³-hybridized carbons (Fsp3) is 0.444. The molecule has 1 atom stereocenters. The molecule has 0 spiro atoms. The molecule has 2 aromatic rings. The highest BCUT2D eigenvalue weighted by molar-refractivity contribution is 5.85. The van der Waals surface area contributed by atoms with Gasteiger partial charge in [0.05, 0.1) is 6.42 Å². The average molecular weight is 414 g/mol. The third-order valence-corrected chi connectivity index (χ3v) is 4.70. The Kier molecular flexibility index (Phi) is 8.88. The van der Waals surface area contributed by atoms with Crippen LogP contribution in [0.1, 0.15) is 30.5 Å². The van der Waals surface area contributed by atoms with Gasteiger partial charge in [0.1, 0.15) is 5.82 Å². The molecule has 1 fully saturated rings. The molecule has 1 aliphatic heterocycles. The molecule has 148 valence electrons. The molecule has 1 saturated heterocycles. The maximum Gasteiger partial charge on any atom is 0.255 e. The van der Waals surface area contributed by atoms with Gasteiger partial charge in [-0.25, -0.2) is 4.98 Å². The summed E-state index contributed by atoms with van der Waals surface area (Å²) in [5.74, 6) is 0.407.